The van der Waals surface area contributed by atoms with Gasteiger partial charge in [0.1, 0.15) is 0 Å². The van der Waals surface area contributed by atoms with E-state index in [9.17, 15) is 4.79 Å². The lowest BCUT2D eigenvalue weighted by Crippen LogP contribution is -2.14. The quantitative estimate of drug-likeness (QED) is 0.579. The number of allylic oxidation sites excluding steroid dienone is 3. The predicted molar refractivity (Wildman–Crippen MR) is 115 cm³/mol. The monoisotopic (exact) mass is 358 g/mol. The molecule has 0 radical (unpaired) electrons. The van der Waals surface area contributed by atoms with Crippen LogP contribution in [0.5, 0.6) is 0 Å². The van der Waals surface area contributed by atoms with Crippen molar-refractivity contribution in [2.75, 3.05) is 0 Å². The maximum Gasteiger partial charge on any atom is 0.162 e. The fourth-order valence-corrected chi connectivity index (χ4v) is 4.18. The van der Waals surface area contributed by atoms with Gasteiger partial charge >= 0.3 is 0 Å². The molecule has 0 heterocycles. The van der Waals surface area contributed by atoms with Gasteiger partial charge in [-0.05, 0) is 98.4 Å². The van der Waals surface area contributed by atoms with Gasteiger partial charge in [-0.25, -0.2) is 0 Å². The molecule has 0 spiro atoms. The predicted octanol–water partition coefficient (Wildman–Crippen LogP) is 6.39. The molecule has 0 unspecified atom stereocenters. The summed E-state index contributed by atoms with van der Waals surface area (Å²) >= 11 is 0. The van der Waals surface area contributed by atoms with Crippen LogP contribution >= 0.6 is 0 Å². The number of hydrogen-bond donors (Lipinski definition) is 0. The van der Waals surface area contributed by atoms with Gasteiger partial charge in [0.05, 0.1) is 0 Å². The Morgan fingerprint density at radius 3 is 2.11 bits per heavy atom. The van der Waals surface area contributed by atoms with E-state index in [4.69, 9.17) is 0 Å². The maximum absolute atomic E-state index is 12.9. The molecule has 1 saturated carbocycles. The Bertz CT molecular complexity index is 884. The van der Waals surface area contributed by atoms with E-state index < -0.39 is 0 Å². The van der Waals surface area contributed by atoms with Gasteiger partial charge in [-0.15, -0.1) is 0 Å². The summed E-state index contributed by atoms with van der Waals surface area (Å²) in [5, 5.41) is 0. The van der Waals surface area contributed by atoms with E-state index in [-0.39, 0.29) is 5.92 Å². The van der Waals surface area contributed by atoms with Crippen molar-refractivity contribution in [3.8, 4) is 0 Å². The minimum atomic E-state index is 0.125. The average Bonchev–Trinajstić information content (AvgIpc) is 3.02. The number of carbonyl (C=O) groups excluding carboxylic acids is 1. The molecule has 1 fully saturated rings. The highest BCUT2D eigenvalue weighted by Gasteiger charge is 2.30. The summed E-state index contributed by atoms with van der Waals surface area (Å²) in [6, 6.07) is 10.2. The smallest absolute Gasteiger partial charge is 0.162 e. The summed E-state index contributed by atoms with van der Waals surface area (Å²) in [4.78, 5) is 12.9. The van der Waals surface area contributed by atoms with Gasteiger partial charge in [0.25, 0.3) is 0 Å². The Morgan fingerprint density at radius 1 is 0.889 bits per heavy atom. The average molecular weight is 359 g/mol. The molecule has 1 aliphatic carbocycles. The van der Waals surface area contributed by atoms with Crippen LogP contribution in [0.4, 0.5) is 0 Å². The fourth-order valence-electron chi connectivity index (χ4n) is 4.18. The number of benzene rings is 2. The number of ketones is 1. The second kappa shape index (κ2) is 8.08. The van der Waals surface area contributed by atoms with Crippen molar-refractivity contribution in [1.29, 1.82) is 0 Å². The highest BCUT2D eigenvalue weighted by Crippen LogP contribution is 2.34. The number of rotatable bonds is 4. The van der Waals surface area contributed by atoms with Crippen molar-refractivity contribution in [3.63, 3.8) is 0 Å². The van der Waals surface area contributed by atoms with Crippen molar-refractivity contribution in [1.82, 2.24) is 0 Å². The number of carbonyl (C=O) groups is 1. The summed E-state index contributed by atoms with van der Waals surface area (Å²) in [7, 11) is 0. The summed E-state index contributed by atoms with van der Waals surface area (Å²) < 4.78 is 0. The topological polar surface area (TPSA) is 17.1 Å². The molecule has 0 saturated heterocycles. The Kier molecular flexibility index (Phi) is 5.79. The molecule has 1 aliphatic rings. The van der Waals surface area contributed by atoms with Crippen molar-refractivity contribution < 1.29 is 4.79 Å². The van der Waals surface area contributed by atoms with Gasteiger partial charge in [0.15, 0.2) is 5.78 Å². The van der Waals surface area contributed by atoms with E-state index >= 15 is 0 Å². The van der Waals surface area contributed by atoms with Crippen LogP contribution in [0.25, 0.3) is 6.08 Å². The normalized spacial score (nSPS) is 18.8. The van der Waals surface area contributed by atoms with Gasteiger partial charge in [0.2, 0.25) is 0 Å². The van der Waals surface area contributed by atoms with Gasteiger partial charge < -0.3 is 0 Å². The molecular weight excluding hydrogens is 328 g/mol. The highest BCUT2D eigenvalue weighted by molar-refractivity contribution is 5.99. The zero-order valence-electron chi connectivity index (χ0n) is 17.2. The van der Waals surface area contributed by atoms with Crippen LogP contribution in [0.3, 0.4) is 0 Å². The first-order chi connectivity index (χ1) is 12.9. The van der Waals surface area contributed by atoms with Crippen molar-refractivity contribution in [3.05, 3.63) is 87.0 Å². The molecule has 1 heteroatoms. The molecule has 3 rings (SSSR count). The SMILES string of the molecule is Cc1c(C)c(C)c(C[C@H]2CC/C(=C\C=C\c3ccccc3)C2=O)c(C)c1C. The lowest BCUT2D eigenvalue weighted by atomic mass is 9.84. The number of Topliss-reactive ketones (excluding diaryl/α,β-unsaturated/α-hetero) is 1. The molecular formula is C26H30O. The third-order valence-corrected chi connectivity index (χ3v) is 6.44. The Labute approximate surface area is 163 Å². The molecule has 0 amide bonds. The third-order valence-electron chi connectivity index (χ3n) is 6.44. The maximum atomic E-state index is 12.9. The first kappa shape index (κ1) is 19.4. The summed E-state index contributed by atoms with van der Waals surface area (Å²) in [6.45, 7) is 11.0. The van der Waals surface area contributed by atoms with E-state index in [1.807, 2.05) is 30.4 Å². The van der Waals surface area contributed by atoms with Crippen molar-refractivity contribution >= 4 is 11.9 Å². The molecule has 140 valence electrons. The van der Waals surface area contributed by atoms with Crippen LogP contribution in [0.2, 0.25) is 0 Å². The first-order valence-corrected chi connectivity index (χ1v) is 9.92. The van der Waals surface area contributed by atoms with Crippen LogP contribution < -0.4 is 0 Å². The van der Waals surface area contributed by atoms with Gasteiger partial charge in [-0.2, -0.15) is 0 Å². The van der Waals surface area contributed by atoms with E-state index in [0.717, 1.165) is 30.4 Å². The van der Waals surface area contributed by atoms with Crippen LogP contribution in [-0.4, -0.2) is 5.78 Å². The summed E-state index contributed by atoms with van der Waals surface area (Å²) in [5.41, 5.74) is 10.4. The van der Waals surface area contributed by atoms with E-state index in [1.165, 1.54) is 33.4 Å². The Hall–Kier alpha value is -2.41. The molecule has 1 nitrogen and oxygen atoms in total. The largest absolute Gasteiger partial charge is 0.294 e. The summed E-state index contributed by atoms with van der Waals surface area (Å²) in [5.74, 6) is 0.461. The molecule has 1 atom stereocenters. The third kappa shape index (κ3) is 3.98. The molecule has 27 heavy (non-hydrogen) atoms. The minimum Gasteiger partial charge on any atom is -0.294 e. The van der Waals surface area contributed by atoms with Crippen LogP contribution in [0.15, 0.2) is 48.1 Å². The zero-order valence-corrected chi connectivity index (χ0v) is 17.2. The van der Waals surface area contributed by atoms with E-state index in [2.05, 4.69) is 52.8 Å². The standard InChI is InChI=1S/C26H30O/c1-17-18(2)20(4)25(21(5)19(17)3)16-24-15-14-23(26(24)27)13-9-12-22-10-7-6-8-11-22/h6-13,24H,14-16H2,1-5H3/b12-9+,23-13+/t24-/m1/s1. The molecule has 0 aromatic heterocycles. The van der Waals surface area contributed by atoms with E-state index in [0.29, 0.717) is 5.78 Å². The first-order valence-electron chi connectivity index (χ1n) is 9.92. The van der Waals surface area contributed by atoms with Gasteiger partial charge in [-0.1, -0.05) is 48.6 Å². The molecule has 2 aromatic carbocycles. The highest BCUT2D eigenvalue weighted by atomic mass is 16.1. The fraction of sp³-hybridized carbons (Fsp3) is 0.346. The Balaban J connectivity index is 1.77. The number of hydrogen-bond acceptors (Lipinski definition) is 1. The molecule has 0 N–H and O–H groups in total. The zero-order chi connectivity index (χ0) is 19.6. The summed E-state index contributed by atoms with van der Waals surface area (Å²) in [6.07, 6.45) is 8.83. The minimum absolute atomic E-state index is 0.125. The Morgan fingerprint density at radius 2 is 1.48 bits per heavy atom. The van der Waals surface area contributed by atoms with Gasteiger partial charge in [0, 0.05) is 5.92 Å². The lowest BCUT2D eigenvalue weighted by molar-refractivity contribution is -0.117. The molecule has 2 aromatic rings. The van der Waals surface area contributed by atoms with E-state index in [1.54, 1.807) is 0 Å². The lowest BCUT2D eigenvalue weighted by Gasteiger charge is -2.20. The second-order valence-electron chi connectivity index (χ2n) is 7.87. The van der Waals surface area contributed by atoms with Crippen LogP contribution in [0.1, 0.15) is 51.8 Å². The van der Waals surface area contributed by atoms with Crippen LogP contribution in [-0.2, 0) is 11.2 Å². The van der Waals surface area contributed by atoms with Crippen molar-refractivity contribution in [2.24, 2.45) is 5.92 Å². The van der Waals surface area contributed by atoms with Crippen molar-refractivity contribution in [2.45, 2.75) is 53.9 Å². The molecule has 0 aliphatic heterocycles. The van der Waals surface area contributed by atoms with Gasteiger partial charge in [-0.3, -0.25) is 4.79 Å². The van der Waals surface area contributed by atoms with Crippen LogP contribution in [0, 0.1) is 40.5 Å². The molecule has 0 bridgehead atoms. The second-order valence-corrected chi connectivity index (χ2v) is 7.87.